The zero-order valence-electron chi connectivity index (χ0n) is 19.9. The number of ether oxygens (including phenoxy) is 5. The fourth-order valence-electron chi connectivity index (χ4n) is 4.75. The normalized spacial score (nSPS) is 20.1. The zero-order chi connectivity index (χ0) is 25.1. The second kappa shape index (κ2) is 10.1. The van der Waals surface area contributed by atoms with Crippen LogP contribution >= 0.6 is 0 Å². The summed E-state index contributed by atoms with van der Waals surface area (Å²) < 4.78 is 27.1. The molecule has 0 aromatic heterocycles. The van der Waals surface area contributed by atoms with E-state index < -0.39 is 12.1 Å². The van der Waals surface area contributed by atoms with Crippen molar-refractivity contribution in [3.05, 3.63) is 77.9 Å². The third-order valence-electron chi connectivity index (χ3n) is 6.53. The number of nitrogens with zero attached hydrogens (tertiary/aromatic N) is 1. The van der Waals surface area contributed by atoms with Crippen LogP contribution in [0.1, 0.15) is 23.1 Å². The Labute approximate surface area is 208 Å². The van der Waals surface area contributed by atoms with Crippen LogP contribution < -0.4 is 24.3 Å². The molecule has 36 heavy (non-hydrogen) atoms. The molecule has 186 valence electrons. The molecule has 0 aliphatic carbocycles. The molecule has 9 heteroatoms. The molecule has 2 aliphatic rings. The quantitative estimate of drug-likeness (QED) is 0.492. The number of hydrogen-bond donors (Lipinski definition) is 1. The van der Waals surface area contributed by atoms with Crippen molar-refractivity contribution in [1.82, 2.24) is 4.90 Å². The molecule has 3 aromatic carbocycles. The van der Waals surface area contributed by atoms with Gasteiger partial charge in [0.25, 0.3) is 6.47 Å². The number of hydrogen-bond acceptors (Lipinski definition) is 7. The Morgan fingerprint density at radius 1 is 0.917 bits per heavy atom. The molecule has 2 aliphatic heterocycles. The van der Waals surface area contributed by atoms with E-state index in [-0.39, 0.29) is 18.7 Å². The summed E-state index contributed by atoms with van der Waals surface area (Å²) in [6.45, 7) is 0.908. The summed E-state index contributed by atoms with van der Waals surface area (Å²) in [5.41, 5.74) is 2.31. The SMILES string of the molecule is COc1ccc(NC(=O)N2CC(c3ccc4c(c3)OCO4)C(OC=O)C2c2ccc(OC)cc2)cc1. The van der Waals surface area contributed by atoms with Gasteiger partial charge in [0, 0.05) is 18.2 Å². The van der Waals surface area contributed by atoms with E-state index in [1.807, 2.05) is 42.5 Å². The van der Waals surface area contributed by atoms with E-state index in [1.54, 1.807) is 43.4 Å². The predicted octanol–water partition coefficient (Wildman–Crippen LogP) is 4.35. The maximum Gasteiger partial charge on any atom is 0.322 e. The Balaban J connectivity index is 1.50. The molecule has 1 saturated heterocycles. The number of benzene rings is 3. The van der Waals surface area contributed by atoms with Crippen LogP contribution in [0.2, 0.25) is 0 Å². The van der Waals surface area contributed by atoms with Crippen molar-refractivity contribution in [1.29, 1.82) is 0 Å². The first kappa shape index (κ1) is 23.3. The average Bonchev–Trinajstić information content (AvgIpc) is 3.54. The second-order valence-corrected chi connectivity index (χ2v) is 8.45. The molecule has 2 heterocycles. The Morgan fingerprint density at radius 3 is 2.22 bits per heavy atom. The first-order valence-electron chi connectivity index (χ1n) is 11.5. The number of nitrogens with one attached hydrogen (secondary N) is 1. The highest BCUT2D eigenvalue weighted by molar-refractivity contribution is 5.90. The molecule has 0 saturated carbocycles. The van der Waals surface area contributed by atoms with Crippen molar-refractivity contribution in [3.63, 3.8) is 0 Å². The maximum atomic E-state index is 13.6. The lowest BCUT2D eigenvalue weighted by atomic mass is 9.90. The van der Waals surface area contributed by atoms with Crippen LogP contribution in [0, 0.1) is 0 Å². The van der Waals surface area contributed by atoms with Gasteiger partial charge in [0.05, 0.1) is 20.3 Å². The van der Waals surface area contributed by atoms with E-state index in [4.69, 9.17) is 23.7 Å². The van der Waals surface area contributed by atoms with Gasteiger partial charge in [-0.15, -0.1) is 0 Å². The highest BCUT2D eigenvalue weighted by Crippen LogP contribution is 2.45. The van der Waals surface area contributed by atoms with Crippen LogP contribution in [-0.2, 0) is 9.53 Å². The van der Waals surface area contributed by atoms with Gasteiger partial charge in [0.15, 0.2) is 11.5 Å². The number of anilines is 1. The number of urea groups is 1. The van der Waals surface area contributed by atoms with E-state index in [9.17, 15) is 9.59 Å². The van der Waals surface area contributed by atoms with E-state index in [0.717, 1.165) is 11.1 Å². The Bertz CT molecular complexity index is 1230. The predicted molar refractivity (Wildman–Crippen MR) is 131 cm³/mol. The number of fused-ring (bicyclic) bond motifs is 1. The summed E-state index contributed by atoms with van der Waals surface area (Å²) in [6.07, 6.45) is -0.627. The summed E-state index contributed by atoms with van der Waals surface area (Å²) in [6, 6.07) is 19.2. The van der Waals surface area contributed by atoms with E-state index in [1.165, 1.54) is 0 Å². The van der Waals surface area contributed by atoms with Gasteiger partial charge in [-0.3, -0.25) is 4.79 Å². The highest BCUT2D eigenvalue weighted by Gasteiger charge is 2.47. The lowest BCUT2D eigenvalue weighted by Crippen LogP contribution is -2.37. The third-order valence-corrected chi connectivity index (χ3v) is 6.53. The number of likely N-dealkylation sites (tertiary alicyclic amines) is 1. The fourth-order valence-corrected chi connectivity index (χ4v) is 4.75. The number of carbonyl (C=O) groups excluding carboxylic acids is 2. The molecular formula is C27H26N2O7. The minimum atomic E-state index is -0.627. The summed E-state index contributed by atoms with van der Waals surface area (Å²) >= 11 is 0. The van der Waals surface area contributed by atoms with Gasteiger partial charge in [-0.2, -0.15) is 0 Å². The van der Waals surface area contributed by atoms with Crippen molar-refractivity contribution in [2.75, 3.05) is 32.9 Å². The molecule has 3 unspecified atom stereocenters. The summed E-state index contributed by atoms with van der Waals surface area (Å²) in [5, 5.41) is 2.95. The van der Waals surface area contributed by atoms with Crippen molar-refractivity contribution >= 4 is 18.2 Å². The third kappa shape index (κ3) is 4.47. The first-order valence-corrected chi connectivity index (χ1v) is 11.5. The van der Waals surface area contributed by atoms with Gasteiger partial charge in [0.2, 0.25) is 6.79 Å². The molecule has 5 rings (SSSR count). The lowest BCUT2D eigenvalue weighted by Gasteiger charge is -2.28. The largest absolute Gasteiger partial charge is 0.497 e. The Morgan fingerprint density at radius 2 is 1.56 bits per heavy atom. The molecule has 0 bridgehead atoms. The topological polar surface area (TPSA) is 95.6 Å². The van der Waals surface area contributed by atoms with Crippen LogP contribution in [0.3, 0.4) is 0 Å². The molecule has 3 aromatic rings. The minimum Gasteiger partial charge on any atom is -0.497 e. The Kier molecular flexibility index (Phi) is 6.53. The van der Waals surface area contributed by atoms with Gasteiger partial charge >= 0.3 is 6.03 Å². The van der Waals surface area contributed by atoms with Crippen LogP contribution in [0.4, 0.5) is 10.5 Å². The van der Waals surface area contributed by atoms with Crippen molar-refractivity contribution in [3.8, 4) is 23.0 Å². The Hall–Kier alpha value is -4.40. The smallest absolute Gasteiger partial charge is 0.322 e. The summed E-state index contributed by atoms with van der Waals surface area (Å²) in [5.74, 6) is 2.36. The fraction of sp³-hybridized carbons (Fsp3) is 0.259. The molecule has 2 amide bonds. The standard InChI is InChI=1S/C27H26N2O7/c1-32-20-8-3-17(4-9-20)25-26(34-15-30)22(18-5-12-23-24(13-18)36-16-35-23)14-29(25)27(31)28-19-6-10-21(33-2)11-7-19/h3-13,15,22,25-26H,14,16H2,1-2H3,(H,28,31). The van der Waals surface area contributed by atoms with Crippen LogP contribution in [0.25, 0.3) is 0 Å². The number of carbonyl (C=O) groups is 2. The molecule has 1 N–H and O–H groups in total. The lowest BCUT2D eigenvalue weighted by molar-refractivity contribution is -0.135. The van der Waals surface area contributed by atoms with Gasteiger partial charge in [-0.05, 0) is 59.7 Å². The molecule has 1 fully saturated rings. The molecule has 3 atom stereocenters. The molecule has 0 radical (unpaired) electrons. The van der Waals surface area contributed by atoms with Gasteiger partial charge in [-0.25, -0.2) is 4.79 Å². The van der Waals surface area contributed by atoms with Crippen LogP contribution in [0.15, 0.2) is 66.7 Å². The minimum absolute atomic E-state index is 0.155. The summed E-state index contributed by atoms with van der Waals surface area (Å²) in [4.78, 5) is 26.9. The van der Waals surface area contributed by atoms with E-state index in [0.29, 0.717) is 41.7 Å². The van der Waals surface area contributed by atoms with Gasteiger partial charge in [0.1, 0.15) is 17.6 Å². The first-order chi connectivity index (χ1) is 17.6. The summed E-state index contributed by atoms with van der Waals surface area (Å²) in [7, 11) is 3.17. The van der Waals surface area contributed by atoms with E-state index >= 15 is 0 Å². The van der Waals surface area contributed by atoms with Crippen LogP contribution in [0.5, 0.6) is 23.0 Å². The van der Waals surface area contributed by atoms with Gasteiger partial charge in [-0.1, -0.05) is 18.2 Å². The van der Waals surface area contributed by atoms with Crippen molar-refractivity contribution < 1.29 is 33.3 Å². The monoisotopic (exact) mass is 490 g/mol. The molecule has 9 nitrogen and oxygen atoms in total. The van der Waals surface area contributed by atoms with Crippen molar-refractivity contribution in [2.24, 2.45) is 0 Å². The van der Waals surface area contributed by atoms with Gasteiger partial charge < -0.3 is 33.9 Å². The molecular weight excluding hydrogens is 464 g/mol. The maximum absolute atomic E-state index is 13.6. The van der Waals surface area contributed by atoms with Crippen LogP contribution in [-0.4, -0.2) is 51.1 Å². The second-order valence-electron chi connectivity index (χ2n) is 8.45. The zero-order valence-corrected chi connectivity index (χ0v) is 19.9. The number of rotatable bonds is 7. The average molecular weight is 491 g/mol. The molecule has 0 spiro atoms. The van der Waals surface area contributed by atoms with E-state index in [2.05, 4.69) is 5.32 Å². The van der Waals surface area contributed by atoms with Crippen molar-refractivity contribution in [2.45, 2.75) is 18.1 Å². The highest BCUT2D eigenvalue weighted by atomic mass is 16.7. The number of amides is 2. The number of methoxy groups -OCH3 is 2.